The molecule has 30 heavy (non-hydrogen) atoms. The zero-order valence-electron chi connectivity index (χ0n) is 17.4. The van der Waals surface area contributed by atoms with Crippen LogP contribution in [0.4, 0.5) is 11.4 Å². The van der Waals surface area contributed by atoms with Gasteiger partial charge in [-0.2, -0.15) is 0 Å². The number of rotatable bonds is 7. The van der Waals surface area contributed by atoms with Gasteiger partial charge in [0.25, 0.3) is 11.8 Å². The second-order valence-corrected chi connectivity index (χ2v) is 7.84. The molecule has 0 bridgehead atoms. The summed E-state index contributed by atoms with van der Waals surface area (Å²) >= 11 is 6.35. The third-order valence-electron chi connectivity index (χ3n) is 4.60. The van der Waals surface area contributed by atoms with E-state index in [4.69, 9.17) is 25.8 Å². The highest BCUT2D eigenvalue weighted by molar-refractivity contribution is 6.32. The van der Waals surface area contributed by atoms with E-state index in [-0.39, 0.29) is 11.8 Å². The van der Waals surface area contributed by atoms with E-state index in [1.54, 1.807) is 31.2 Å². The lowest BCUT2D eigenvalue weighted by molar-refractivity contribution is -0.122. The molecule has 2 aromatic rings. The maximum atomic E-state index is 12.7. The molecule has 0 saturated heterocycles. The van der Waals surface area contributed by atoms with E-state index in [1.807, 2.05) is 0 Å². The van der Waals surface area contributed by atoms with Gasteiger partial charge in [-0.25, -0.2) is 0 Å². The monoisotopic (exact) mass is 432 g/mol. The maximum Gasteiger partial charge on any atom is 0.265 e. The molecule has 0 aromatic heterocycles. The van der Waals surface area contributed by atoms with E-state index < -0.39 is 6.10 Å². The topological polar surface area (TPSA) is 85.9 Å². The average Bonchev–Trinajstić information content (AvgIpc) is 2.69. The lowest BCUT2D eigenvalue weighted by Gasteiger charge is -2.23. The first-order valence-corrected chi connectivity index (χ1v) is 10.1. The standard InChI is InChI=1S/C22H25ClN2O5/c1-12(2)7-8-29-20-16(23)9-14(10-19(20)28-4)22(27)24-15-5-6-18-17(11-15)25-21(26)13(3)30-18/h5-6,9-13H,7-8H2,1-4H3,(H,24,27)(H,25,26)/t13-/m0/s1. The normalized spacial score (nSPS) is 15.1. The van der Waals surface area contributed by atoms with Crippen molar-refractivity contribution in [1.82, 2.24) is 0 Å². The fourth-order valence-corrected chi connectivity index (χ4v) is 3.14. The SMILES string of the molecule is COc1cc(C(=O)Nc2ccc3c(c2)NC(=O)[C@H](C)O3)cc(Cl)c1OCCC(C)C. The van der Waals surface area contributed by atoms with Crippen molar-refractivity contribution >= 4 is 34.8 Å². The van der Waals surface area contributed by atoms with Crippen LogP contribution in [0.3, 0.4) is 0 Å². The Morgan fingerprint density at radius 3 is 2.77 bits per heavy atom. The summed E-state index contributed by atoms with van der Waals surface area (Å²) in [4.78, 5) is 24.5. The zero-order chi connectivity index (χ0) is 21.8. The minimum Gasteiger partial charge on any atom is -0.493 e. The molecule has 2 amide bonds. The molecule has 2 aromatic carbocycles. The van der Waals surface area contributed by atoms with Crippen LogP contribution in [0.15, 0.2) is 30.3 Å². The van der Waals surface area contributed by atoms with Crippen LogP contribution in [0.5, 0.6) is 17.2 Å². The molecule has 1 atom stereocenters. The molecule has 1 heterocycles. The van der Waals surface area contributed by atoms with Gasteiger partial charge in [0.05, 0.1) is 24.4 Å². The number of hydrogen-bond donors (Lipinski definition) is 2. The number of ether oxygens (including phenoxy) is 3. The number of hydrogen-bond acceptors (Lipinski definition) is 5. The molecule has 0 radical (unpaired) electrons. The first kappa shape index (κ1) is 21.8. The van der Waals surface area contributed by atoms with Crippen molar-refractivity contribution < 1.29 is 23.8 Å². The molecule has 0 aliphatic carbocycles. The predicted molar refractivity (Wildman–Crippen MR) is 116 cm³/mol. The van der Waals surface area contributed by atoms with Crippen molar-refractivity contribution in [2.75, 3.05) is 24.4 Å². The summed E-state index contributed by atoms with van der Waals surface area (Å²) in [5.41, 5.74) is 1.32. The maximum absolute atomic E-state index is 12.7. The van der Waals surface area contributed by atoms with Crippen LogP contribution < -0.4 is 24.8 Å². The fraction of sp³-hybridized carbons (Fsp3) is 0.364. The number of fused-ring (bicyclic) bond motifs is 1. The molecule has 0 unspecified atom stereocenters. The van der Waals surface area contributed by atoms with Gasteiger partial charge in [0.15, 0.2) is 17.6 Å². The molecular weight excluding hydrogens is 408 g/mol. The Kier molecular flexibility index (Phi) is 6.72. The molecular formula is C22H25ClN2O5. The van der Waals surface area contributed by atoms with Crippen molar-refractivity contribution in [3.05, 3.63) is 40.9 Å². The Morgan fingerprint density at radius 1 is 1.30 bits per heavy atom. The summed E-state index contributed by atoms with van der Waals surface area (Å²) in [6.45, 7) is 6.38. The fourth-order valence-electron chi connectivity index (χ4n) is 2.88. The van der Waals surface area contributed by atoms with Crippen LogP contribution >= 0.6 is 11.6 Å². The van der Waals surface area contributed by atoms with Gasteiger partial charge in [-0.3, -0.25) is 9.59 Å². The van der Waals surface area contributed by atoms with Gasteiger partial charge in [0.1, 0.15) is 5.75 Å². The number of amides is 2. The predicted octanol–water partition coefficient (Wildman–Crippen LogP) is 4.75. The number of carbonyl (C=O) groups is 2. The van der Waals surface area contributed by atoms with Crippen molar-refractivity contribution in [1.29, 1.82) is 0 Å². The summed E-state index contributed by atoms with van der Waals surface area (Å²) in [7, 11) is 1.50. The Morgan fingerprint density at radius 2 is 2.07 bits per heavy atom. The lowest BCUT2D eigenvalue weighted by atomic mass is 10.1. The van der Waals surface area contributed by atoms with Gasteiger partial charge >= 0.3 is 0 Å². The van der Waals surface area contributed by atoms with Gasteiger partial charge in [-0.15, -0.1) is 0 Å². The summed E-state index contributed by atoms with van der Waals surface area (Å²) in [6, 6.07) is 8.15. The Balaban J connectivity index is 1.76. The molecule has 0 fully saturated rings. The van der Waals surface area contributed by atoms with Gasteiger partial charge in [-0.1, -0.05) is 25.4 Å². The van der Waals surface area contributed by atoms with Crippen molar-refractivity contribution in [2.24, 2.45) is 5.92 Å². The van der Waals surface area contributed by atoms with E-state index in [0.29, 0.717) is 51.7 Å². The number of halogens is 1. The quantitative estimate of drug-likeness (QED) is 0.659. The summed E-state index contributed by atoms with van der Waals surface area (Å²) < 4.78 is 16.7. The van der Waals surface area contributed by atoms with Gasteiger partial charge < -0.3 is 24.8 Å². The Labute approximate surface area is 180 Å². The average molecular weight is 433 g/mol. The molecule has 1 aliphatic heterocycles. The number of methoxy groups -OCH3 is 1. The summed E-state index contributed by atoms with van der Waals surface area (Å²) in [5, 5.41) is 5.84. The van der Waals surface area contributed by atoms with E-state index in [9.17, 15) is 9.59 Å². The van der Waals surface area contributed by atoms with Gasteiger partial charge in [0.2, 0.25) is 0 Å². The highest BCUT2D eigenvalue weighted by Gasteiger charge is 2.24. The third kappa shape index (κ3) is 4.97. The number of anilines is 2. The van der Waals surface area contributed by atoms with E-state index in [2.05, 4.69) is 24.5 Å². The lowest BCUT2D eigenvalue weighted by Crippen LogP contribution is -2.34. The van der Waals surface area contributed by atoms with E-state index in [1.165, 1.54) is 13.2 Å². The summed E-state index contributed by atoms with van der Waals surface area (Å²) in [5.74, 6) is 1.23. The van der Waals surface area contributed by atoms with E-state index >= 15 is 0 Å². The molecule has 8 heteroatoms. The van der Waals surface area contributed by atoms with Crippen LogP contribution in [-0.4, -0.2) is 31.6 Å². The third-order valence-corrected chi connectivity index (χ3v) is 4.88. The molecule has 0 saturated carbocycles. The largest absolute Gasteiger partial charge is 0.493 e. The van der Waals surface area contributed by atoms with Gasteiger partial charge in [0, 0.05) is 11.3 Å². The van der Waals surface area contributed by atoms with Crippen molar-refractivity contribution in [3.63, 3.8) is 0 Å². The van der Waals surface area contributed by atoms with Crippen LogP contribution in [0.1, 0.15) is 37.6 Å². The highest BCUT2D eigenvalue weighted by atomic mass is 35.5. The minimum atomic E-state index is -0.561. The Bertz CT molecular complexity index is 961. The highest BCUT2D eigenvalue weighted by Crippen LogP contribution is 2.37. The molecule has 7 nitrogen and oxygen atoms in total. The zero-order valence-corrected chi connectivity index (χ0v) is 18.1. The number of carbonyl (C=O) groups excluding carboxylic acids is 2. The van der Waals surface area contributed by atoms with Crippen LogP contribution in [0.2, 0.25) is 5.02 Å². The number of nitrogens with one attached hydrogen (secondary N) is 2. The smallest absolute Gasteiger partial charge is 0.265 e. The molecule has 0 spiro atoms. The van der Waals surface area contributed by atoms with Crippen LogP contribution in [0, 0.1) is 5.92 Å². The first-order chi connectivity index (χ1) is 14.3. The second-order valence-electron chi connectivity index (χ2n) is 7.43. The van der Waals surface area contributed by atoms with Crippen molar-refractivity contribution in [2.45, 2.75) is 33.3 Å². The Hall–Kier alpha value is -2.93. The molecule has 1 aliphatic rings. The number of benzene rings is 2. The van der Waals surface area contributed by atoms with Crippen LogP contribution in [0.25, 0.3) is 0 Å². The molecule has 160 valence electrons. The molecule has 3 rings (SSSR count). The van der Waals surface area contributed by atoms with Gasteiger partial charge in [-0.05, 0) is 49.6 Å². The second kappa shape index (κ2) is 9.26. The molecule has 2 N–H and O–H groups in total. The summed E-state index contributed by atoms with van der Waals surface area (Å²) in [6.07, 6.45) is 0.313. The van der Waals surface area contributed by atoms with Crippen LogP contribution in [-0.2, 0) is 4.79 Å². The minimum absolute atomic E-state index is 0.240. The van der Waals surface area contributed by atoms with E-state index in [0.717, 1.165) is 6.42 Å². The first-order valence-electron chi connectivity index (χ1n) is 9.71. The van der Waals surface area contributed by atoms with Crippen molar-refractivity contribution in [3.8, 4) is 17.2 Å².